The number of nitrogens with zero attached hydrogens (tertiary/aromatic N) is 2. The van der Waals surface area contributed by atoms with E-state index >= 15 is 0 Å². The number of hydrogen-bond acceptors (Lipinski definition) is 4. The number of alkyl halides is 3. The van der Waals surface area contributed by atoms with E-state index in [9.17, 15) is 13.2 Å². The van der Waals surface area contributed by atoms with Gasteiger partial charge in [-0.3, -0.25) is 0 Å². The average molecular weight is 451 g/mol. The summed E-state index contributed by atoms with van der Waals surface area (Å²) in [4.78, 5) is 4.48. The largest absolute Gasteiger partial charge is 0.416 e. The van der Waals surface area contributed by atoms with Gasteiger partial charge in [-0.25, -0.2) is 0 Å². The topological polar surface area (TPSA) is 51.0 Å². The highest BCUT2D eigenvalue weighted by molar-refractivity contribution is 5.86. The maximum Gasteiger partial charge on any atom is 0.416 e. The Labute approximate surface area is 189 Å². The number of benzene rings is 3. The quantitative estimate of drug-likeness (QED) is 0.359. The molecular formula is C26H24F3N3O. The van der Waals surface area contributed by atoms with Gasteiger partial charge in [0.25, 0.3) is 0 Å². The second kappa shape index (κ2) is 8.63. The minimum Gasteiger partial charge on any atom is -0.339 e. The zero-order valence-electron chi connectivity index (χ0n) is 18.1. The lowest BCUT2D eigenvalue weighted by Crippen LogP contribution is -2.29. The molecule has 1 aliphatic rings. The number of rotatable bonds is 5. The van der Waals surface area contributed by atoms with Gasteiger partial charge in [0.05, 0.1) is 5.56 Å². The van der Waals surface area contributed by atoms with Crippen molar-refractivity contribution >= 4 is 10.8 Å². The number of halogens is 3. The van der Waals surface area contributed by atoms with Crippen LogP contribution in [0.25, 0.3) is 22.2 Å². The van der Waals surface area contributed by atoms with Crippen molar-refractivity contribution in [3.05, 3.63) is 83.7 Å². The predicted octanol–water partition coefficient (Wildman–Crippen LogP) is 6.90. The number of fused-ring (bicyclic) bond motifs is 1. The molecule has 5 rings (SSSR count). The summed E-state index contributed by atoms with van der Waals surface area (Å²) in [6.07, 6.45) is -1.56. The molecule has 33 heavy (non-hydrogen) atoms. The van der Waals surface area contributed by atoms with Crippen LogP contribution in [-0.2, 0) is 6.18 Å². The summed E-state index contributed by atoms with van der Waals surface area (Å²) in [5, 5.41) is 10.2. The van der Waals surface area contributed by atoms with Crippen LogP contribution in [0.4, 0.5) is 13.2 Å². The molecule has 0 saturated heterocycles. The summed E-state index contributed by atoms with van der Waals surface area (Å²) >= 11 is 0. The second-order valence-corrected chi connectivity index (χ2v) is 8.69. The third-order valence-corrected chi connectivity index (χ3v) is 6.47. The van der Waals surface area contributed by atoms with Crippen molar-refractivity contribution in [1.82, 2.24) is 15.5 Å². The fourth-order valence-corrected chi connectivity index (χ4v) is 4.76. The molecule has 0 bridgehead atoms. The fourth-order valence-electron chi connectivity index (χ4n) is 4.76. The lowest BCUT2D eigenvalue weighted by atomic mass is 9.99. The summed E-state index contributed by atoms with van der Waals surface area (Å²) in [7, 11) is 0. The van der Waals surface area contributed by atoms with Gasteiger partial charge in [-0.05, 0) is 54.7 Å². The highest BCUT2D eigenvalue weighted by atomic mass is 19.4. The summed E-state index contributed by atoms with van der Waals surface area (Å²) in [5.74, 6) is 1.00. The molecule has 1 aliphatic carbocycles. The van der Waals surface area contributed by atoms with E-state index in [-0.39, 0.29) is 12.0 Å². The van der Waals surface area contributed by atoms with Crippen LogP contribution in [0.2, 0.25) is 0 Å². The monoisotopic (exact) mass is 451 g/mol. The van der Waals surface area contributed by atoms with Crippen molar-refractivity contribution in [2.24, 2.45) is 0 Å². The van der Waals surface area contributed by atoms with E-state index in [0.717, 1.165) is 31.4 Å². The van der Waals surface area contributed by atoms with Crippen LogP contribution in [0.5, 0.6) is 0 Å². The molecule has 1 N–H and O–H groups in total. The van der Waals surface area contributed by atoms with Gasteiger partial charge in [-0.2, -0.15) is 18.2 Å². The molecule has 170 valence electrons. The normalized spacial score (nSPS) is 19.8. The Morgan fingerprint density at radius 2 is 1.73 bits per heavy atom. The Bertz CT molecular complexity index is 1240. The van der Waals surface area contributed by atoms with E-state index in [1.807, 2.05) is 0 Å². The minimum atomic E-state index is -4.37. The molecule has 3 atom stereocenters. The highest BCUT2D eigenvalue weighted by Gasteiger charge is 2.32. The van der Waals surface area contributed by atoms with E-state index in [4.69, 9.17) is 4.52 Å². The van der Waals surface area contributed by atoms with Crippen molar-refractivity contribution < 1.29 is 17.7 Å². The van der Waals surface area contributed by atoms with Crippen LogP contribution in [0.15, 0.2) is 71.3 Å². The molecule has 4 nitrogen and oxygen atoms in total. The van der Waals surface area contributed by atoms with Gasteiger partial charge < -0.3 is 9.84 Å². The van der Waals surface area contributed by atoms with Gasteiger partial charge >= 0.3 is 6.18 Å². The van der Waals surface area contributed by atoms with Gasteiger partial charge in [-0.15, -0.1) is 0 Å². The molecule has 0 spiro atoms. The second-order valence-electron chi connectivity index (χ2n) is 8.69. The highest BCUT2D eigenvalue weighted by Crippen LogP contribution is 2.36. The minimum absolute atomic E-state index is 0.137. The first-order valence-corrected chi connectivity index (χ1v) is 11.1. The maximum absolute atomic E-state index is 12.8. The van der Waals surface area contributed by atoms with Gasteiger partial charge in [0.1, 0.15) is 0 Å². The summed E-state index contributed by atoms with van der Waals surface area (Å²) in [6.45, 7) is 2.19. The Kier molecular flexibility index (Phi) is 5.66. The summed E-state index contributed by atoms with van der Waals surface area (Å²) in [5.41, 5.74) is 1.09. The Morgan fingerprint density at radius 1 is 0.970 bits per heavy atom. The maximum atomic E-state index is 12.8. The van der Waals surface area contributed by atoms with E-state index in [1.54, 1.807) is 0 Å². The number of aromatic nitrogens is 2. The van der Waals surface area contributed by atoms with Crippen LogP contribution in [0.1, 0.15) is 55.2 Å². The molecule has 0 amide bonds. The van der Waals surface area contributed by atoms with Gasteiger partial charge in [-0.1, -0.05) is 59.8 Å². The van der Waals surface area contributed by atoms with Crippen LogP contribution in [0, 0.1) is 0 Å². The molecule has 1 fully saturated rings. The molecule has 0 aliphatic heterocycles. The van der Waals surface area contributed by atoms with Crippen LogP contribution in [-0.4, -0.2) is 16.2 Å². The van der Waals surface area contributed by atoms with E-state index < -0.39 is 11.7 Å². The summed E-state index contributed by atoms with van der Waals surface area (Å²) < 4.78 is 43.8. The SMILES string of the molecule is CC(NC1CCC(c2nc(-c3ccc(C(F)(F)F)cc3)no2)C1)c1cccc2ccccc12. The third-order valence-electron chi connectivity index (χ3n) is 6.47. The average Bonchev–Trinajstić information content (AvgIpc) is 3.48. The van der Waals surface area contributed by atoms with Crippen molar-refractivity contribution in [2.45, 2.75) is 50.4 Å². The Morgan fingerprint density at radius 3 is 2.52 bits per heavy atom. The molecule has 1 heterocycles. The fraction of sp³-hybridized carbons (Fsp3) is 0.308. The zero-order chi connectivity index (χ0) is 23.0. The van der Waals surface area contributed by atoms with Crippen molar-refractivity contribution in [3.63, 3.8) is 0 Å². The number of hydrogen-bond donors (Lipinski definition) is 1. The number of nitrogens with one attached hydrogen (secondary N) is 1. The molecule has 1 saturated carbocycles. The zero-order valence-corrected chi connectivity index (χ0v) is 18.1. The molecular weight excluding hydrogens is 427 g/mol. The molecule has 7 heteroatoms. The first-order valence-electron chi connectivity index (χ1n) is 11.1. The molecule has 3 unspecified atom stereocenters. The smallest absolute Gasteiger partial charge is 0.339 e. The Hall–Kier alpha value is -3.19. The first-order chi connectivity index (χ1) is 15.9. The lowest BCUT2D eigenvalue weighted by Gasteiger charge is -2.21. The third kappa shape index (κ3) is 4.50. The standard InChI is InChI=1S/C26H24F3N3O/c1-16(22-8-4-6-17-5-2-3-7-23(17)22)30-21-14-11-19(15-21)25-31-24(32-33-25)18-9-12-20(13-10-18)26(27,28)29/h2-10,12-13,16,19,21,30H,11,14-15H2,1H3. The summed E-state index contributed by atoms with van der Waals surface area (Å²) in [6, 6.07) is 20.1. The van der Waals surface area contributed by atoms with Gasteiger partial charge in [0.2, 0.25) is 11.7 Å². The molecule has 0 radical (unpaired) electrons. The van der Waals surface area contributed by atoms with Crippen LogP contribution < -0.4 is 5.32 Å². The predicted molar refractivity (Wildman–Crippen MR) is 121 cm³/mol. The Balaban J connectivity index is 1.25. The van der Waals surface area contributed by atoms with Crippen molar-refractivity contribution in [2.75, 3.05) is 0 Å². The van der Waals surface area contributed by atoms with E-state index in [0.29, 0.717) is 23.3 Å². The van der Waals surface area contributed by atoms with Crippen molar-refractivity contribution in [1.29, 1.82) is 0 Å². The van der Waals surface area contributed by atoms with Crippen molar-refractivity contribution in [3.8, 4) is 11.4 Å². The molecule has 3 aromatic carbocycles. The molecule has 1 aromatic heterocycles. The van der Waals surface area contributed by atoms with E-state index in [2.05, 4.69) is 64.8 Å². The lowest BCUT2D eigenvalue weighted by molar-refractivity contribution is -0.137. The van der Waals surface area contributed by atoms with Gasteiger partial charge in [0, 0.05) is 23.6 Å². The van der Waals surface area contributed by atoms with Crippen LogP contribution >= 0.6 is 0 Å². The van der Waals surface area contributed by atoms with E-state index in [1.165, 1.54) is 28.5 Å². The van der Waals surface area contributed by atoms with Crippen LogP contribution in [0.3, 0.4) is 0 Å². The molecule has 4 aromatic rings. The first kappa shape index (κ1) is 21.6. The van der Waals surface area contributed by atoms with Gasteiger partial charge in [0.15, 0.2) is 0 Å².